The van der Waals surface area contributed by atoms with Gasteiger partial charge in [0.2, 0.25) is 5.91 Å². The number of hydrogen-bond donors (Lipinski definition) is 1. The number of amides is 2. The van der Waals surface area contributed by atoms with Gasteiger partial charge in [-0.05, 0) is 97.2 Å². The number of nitrogens with one attached hydrogen (secondary N) is 1. The summed E-state index contributed by atoms with van der Waals surface area (Å²) < 4.78 is 44.0. The number of carbonyl (C=O) groups excluding carboxylic acids is 2. The molecule has 2 aromatic heterocycles. The number of hydrogen-bond acceptors (Lipinski definition) is 7. The predicted octanol–water partition coefficient (Wildman–Crippen LogP) is 7.12. The minimum Gasteiger partial charge on any atom is -0.497 e. The van der Waals surface area contributed by atoms with E-state index in [0.29, 0.717) is 25.6 Å². The highest BCUT2D eigenvalue weighted by atomic mass is 32.2. The van der Waals surface area contributed by atoms with Gasteiger partial charge in [-0.3, -0.25) is 14.3 Å². The molecule has 2 aliphatic heterocycles. The normalized spacial score (nSPS) is 21.1. The van der Waals surface area contributed by atoms with E-state index in [1.54, 1.807) is 20.3 Å². The van der Waals surface area contributed by atoms with Crippen molar-refractivity contribution in [1.29, 1.82) is 0 Å². The Morgan fingerprint density at radius 2 is 1.60 bits per heavy atom. The van der Waals surface area contributed by atoms with E-state index in [1.807, 2.05) is 48.7 Å². The fourth-order valence-corrected chi connectivity index (χ4v) is 10.3. The van der Waals surface area contributed by atoms with Crippen LogP contribution in [0.1, 0.15) is 90.7 Å². The maximum absolute atomic E-state index is 15.1. The molecule has 2 atom stereocenters. The van der Waals surface area contributed by atoms with E-state index in [2.05, 4.69) is 37.2 Å². The number of nitrogens with zero attached hydrogens (tertiary/aromatic N) is 5. The van der Waals surface area contributed by atoms with E-state index in [9.17, 15) is 13.2 Å². The molecule has 9 rings (SSSR count). The maximum Gasteiger partial charge on any atom is 0.303 e. The van der Waals surface area contributed by atoms with E-state index < -0.39 is 21.5 Å². The van der Waals surface area contributed by atoms with Gasteiger partial charge in [-0.1, -0.05) is 37.5 Å². The van der Waals surface area contributed by atoms with E-state index in [0.717, 1.165) is 99.6 Å². The summed E-state index contributed by atoms with van der Waals surface area (Å²) in [5.74, 6) is 1.39. The van der Waals surface area contributed by atoms with E-state index in [4.69, 9.17) is 14.6 Å². The largest absolute Gasteiger partial charge is 0.497 e. The summed E-state index contributed by atoms with van der Waals surface area (Å²) in [7, 11) is 2.12. The van der Waals surface area contributed by atoms with Crippen molar-refractivity contribution in [2.45, 2.75) is 75.8 Å². The Bertz CT molecular complexity index is 2480. The monoisotopic (exact) mass is 790 g/mol. The van der Waals surface area contributed by atoms with Crippen LogP contribution in [0.3, 0.4) is 0 Å². The van der Waals surface area contributed by atoms with Crippen molar-refractivity contribution >= 4 is 32.9 Å². The fourth-order valence-electron chi connectivity index (χ4n) is 9.81. The van der Waals surface area contributed by atoms with E-state index >= 15 is 4.79 Å². The van der Waals surface area contributed by atoms with Crippen molar-refractivity contribution in [3.63, 3.8) is 0 Å². The summed E-state index contributed by atoms with van der Waals surface area (Å²) >= 11 is 0. The molecule has 2 unspecified atom stereocenters. The van der Waals surface area contributed by atoms with Crippen LogP contribution in [0.2, 0.25) is 0 Å². The summed E-state index contributed by atoms with van der Waals surface area (Å²) in [5.41, 5.74) is 7.18. The third-order valence-corrected chi connectivity index (χ3v) is 14.5. The first kappa shape index (κ1) is 37.4. The third kappa shape index (κ3) is 6.48. The smallest absolute Gasteiger partial charge is 0.303 e. The number of benzene rings is 3. The molecule has 5 aromatic rings. The van der Waals surface area contributed by atoms with Gasteiger partial charge >= 0.3 is 10.2 Å². The predicted molar refractivity (Wildman–Crippen MR) is 219 cm³/mol. The number of likely N-dealkylation sites (tertiary alicyclic amines) is 1. The molecule has 2 aliphatic carbocycles. The fraction of sp³-hybridized carbons (Fsp3) is 0.432. The highest BCUT2D eigenvalue weighted by Crippen LogP contribution is 2.66. The zero-order chi connectivity index (χ0) is 39.6. The van der Waals surface area contributed by atoms with Gasteiger partial charge in [0.25, 0.3) is 5.91 Å². The number of ether oxygens (including phenoxy) is 2. The van der Waals surface area contributed by atoms with Crippen molar-refractivity contribution in [1.82, 2.24) is 28.3 Å². The molecule has 1 N–H and O–H groups in total. The number of methoxy groups -OCH3 is 2. The molecule has 2 saturated carbocycles. The minimum atomic E-state index is -4.00. The van der Waals surface area contributed by atoms with Gasteiger partial charge in [0.1, 0.15) is 11.5 Å². The molecule has 4 heterocycles. The van der Waals surface area contributed by atoms with Crippen LogP contribution in [0.25, 0.3) is 33.3 Å². The summed E-state index contributed by atoms with van der Waals surface area (Å²) in [5, 5.41) is 5.80. The van der Waals surface area contributed by atoms with Crippen LogP contribution >= 0.6 is 0 Å². The van der Waals surface area contributed by atoms with Crippen LogP contribution in [0, 0.1) is 5.41 Å². The van der Waals surface area contributed by atoms with E-state index in [-0.39, 0.29) is 23.4 Å². The van der Waals surface area contributed by atoms with Crippen LogP contribution in [-0.4, -0.2) is 85.2 Å². The highest BCUT2D eigenvalue weighted by Gasteiger charge is 2.64. The molecule has 13 heteroatoms. The third-order valence-electron chi connectivity index (χ3n) is 13.1. The zero-order valence-electron chi connectivity index (χ0n) is 33.0. The minimum absolute atomic E-state index is 0.0110. The van der Waals surface area contributed by atoms with Crippen LogP contribution < -0.4 is 14.2 Å². The van der Waals surface area contributed by atoms with Crippen LogP contribution in [-0.2, 0) is 21.5 Å². The van der Waals surface area contributed by atoms with Gasteiger partial charge in [-0.15, -0.1) is 0 Å². The number of rotatable bonds is 9. The zero-order valence-corrected chi connectivity index (χ0v) is 33.8. The van der Waals surface area contributed by atoms with Gasteiger partial charge in [0.15, 0.2) is 0 Å². The molecule has 57 heavy (non-hydrogen) atoms. The molecular formula is C44H50N6O6S. The van der Waals surface area contributed by atoms with Gasteiger partial charge in [-0.25, -0.2) is 4.72 Å². The Labute approximate surface area is 333 Å². The second-order valence-electron chi connectivity index (χ2n) is 16.5. The van der Waals surface area contributed by atoms with Crippen molar-refractivity contribution in [3.05, 3.63) is 89.7 Å². The Hall–Kier alpha value is -5.14. The lowest BCUT2D eigenvalue weighted by molar-refractivity contribution is -0.139. The van der Waals surface area contributed by atoms with Crippen molar-refractivity contribution in [3.8, 4) is 33.9 Å². The Morgan fingerprint density at radius 3 is 2.30 bits per heavy atom. The van der Waals surface area contributed by atoms with Crippen LogP contribution in [0.4, 0.5) is 0 Å². The molecular weight excluding hydrogens is 741 g/mol. The van der Waals surface area contributed by atoms with Crippen LogP contribution in [0.5, 0.6) is 11.5 Å². The molecule has 3 fully saturated rings. The van der Waals surface area contributed by atoms with Crippen LogP contribution in [0.15, 0.2) is 73.1 Å². The molecule has 12 nitrogen and oxygen atoms in total. The first-order chi connectivity index (χ1) is 27.5. The Morgan fingerprint density at radius 1 is 0.877 bits per heavy atom. The SMILES string of the molecule is COc1ccc(-c2cnn(C3CCN(C(=O)C45CC4c4cc(OC)ccc4-c4c(C6CCCCC6)c6ccc(C(=O)NS(=O)(=O)N(C)C)cc6n4C5)CC3)c2)cc1. The van der Waals surface area contributed by atoms with Gasteiger partial charge in [0.05, 0.1) is 37.6 Å². The molecule has 298 valence electrons. The van der Waals surface area contributed by atoms with Gasteiger partial charge in [0, 0.05) is 73.4 Å². The van der Waals surface area contributed by atoms with Crippen molar-refractivity contribution in [2.75, 3.05) is 41.4 Å². The lowest BCUT2D eigenvalue weighted by Crippen LogP contribution is -2.44. The first-order valence-electron chi connectivity index (χ1n) is 20.1. The van der Waals surface area contributed by atoms with Crippen molar-refractivity contribution in [2.24, 2.45) is 5.41 Å². The molecule has 1 saturated heterocycles. The second kappa shape index (κ2) is 14.4. The molecule has 2 amide bonds. The number of fused-ring (bicyclic) bond motifs is 7. The lowest BCUT2D eigenvalue weighted by atomic mass is 9.81. The second-order valence-corrected chi connectivity index (χ2v) is 18.3. The highest BCUT2D eigenvalue weighted by molar-refractivity contribution is 7.87. The average molecular weight is 791 g/mol. The summed E-state index contributed by atoms with van der Waals surface area (Å²) in [6.45, 7) is 1.74. The Balaban J connectivity index is 1.07. The molecule has 0 spiro atoms. The summed E-state index contributed by atoms with van der Waals surface area (Å²) in [4.78, 5) is 30.6. The van der Waals surface area contributed by atoms with Gasteiger partial charge in [-0.2, -0.15) is 17.8 Å². The summed E-state index contributed by atoms with van der Waals surface area (Å²) in [6.07, 6.45) is 12.0. The average Bonchev–Trinajstić information content (AvgIpc) is 3.63. The standard InChI is InChI=1S/C44H50N6O6S/c1-47(2)57(53,54)46-42(51)30-12-16-36-39(22-30)49-27-44(24-38(44)37-23-34(56-4)15-17-35(37)41(49)40(36)29-8-6-5-7-9-29)43(52)48-20-18-32(19-21-48)50-26-31(25-45-50)28-10-13-33(55-3)14-11-28/h10-17,22-23,25-26,29,32,38H,5-9,18-21,24,27H2,1-4H3,(H,46,51). The van der Waals surface area contributed by atoms with Crippen molar-refractivity contribution < 1.29 is 27.5 Å². The summed E-state index contributed by atoms with van der Waals surface area (Å²) in [6, 6.07) is 20.0. The molecule has 3 aromatic carbocycles. The number of piperidine rings is 1. The topological polar surface area (TPSA) is 128 Å². The quantitative estimate of drug-likeness (QED) is 0.168. The molecule has 4 aliphatic rings. The molecule has 0 radical (unpaired) electrons. The lowest BCUT2D eigenvalue weighted by Gasteiger charge is -2.35. The maximum atomic E-state index is 15.1. The molecule has 0 bridgehead atoms. The first-order valence-corrected chi connectivity index (χ1v) is 21.5. The van der Waals surface area contributed by atoms with Gasteiger partial charge < -0.3 is 18.9 Å². The number of carbonyl (C=O) groups is 2. The number of aromatic nitrogens is 3. The van der Waals surface area contributed by atoms with E-state index in [1.165, 1.54) is 26.1 Å². The Kier molecular flexibility index (Phi) is 9.43.